The standard InChI is InChI=1S/C22H20FN3O/c23-19-3-1-2-16(12-19)10-11-24-14-17-4-6-20(7-5-17)27-21-8-9-22-18(13-21)15-25-26-22/h1-9,12-13,15,24H,10-11,14H2,(H,25,26). The summed E-state index contributed by atoms with van der Waals surface area (Å²) in [5.74, 6) is 1.39. The number of hydrogen-bond donors (Lipinski definition) is 2. The Bertz CT molecular complexity index is 1030. The van der Waals surface area contributed by atoms with Gasteiger partial charge >= 0.3 is 0 Å². The molecule has 0 atom stereocenters. The summed E-state index contributed by atoms with van der Waals surface area (Å²) in [7, 11) is 0. The fraction of sp³-hybridized carbons (Fsp3) is 0.136. The molecule has 1 heterocycles. The predicted molar refractivity (Wildman–Crippen MR) is 104 cm³/mol. The maximum absolute atomic E-state index is 13.2. The van der Waals surface area contributed by atoms with E-state index in [0.717, 1.165) is 47.5 Å². The largest absolute Gasteiger partial charge is 0.457 e. The Kier molecular flexibility index (Phi) is 5.12. The maximum Gasteiger partial charge on any atom is 0.128 e. The SMILES string of the molecule is Fc1cccc(CCNCc2ccc(Oc3ccc4[nH]ncc4c3)cc2)c1. The molecule has 27 heavy (non-hydrogen) atoms. The number of nitrogens with one attached hydrogen (secondary N) is 2. The lowest BCUT2D eigenvalue weighted by atomic mass is 10.1. The third kappa shape index (κ3) is 4.51. The third-order valence-electron chi connectivity index (χ3n) is 4.38. The lowest BCUT2D eigenvalue weighted by Gasteiger charge is -2.08. The quantitative estimate of drug-likeness (QED) is 0.464. The fourth-order valence-electron chi connectivity index (χ4n) is 2.95. The number of hydrogen-bond acceptors (Lipinski definition) is 3. The van der Waals surface area contributed by atoms with E-state index in [4.69, 9.17) is 4.74 Å². The van der Waals surface area contributed by atoms with Crippen molar-refractivity contribution in [3.63, 3.8) is 0 Å². The molecule has 4 aromatic rings. The van der Waals surface area contributed by atoms with Crippen LogP contribution >= 0.6 is 0 Å². The molecule has 0 aliphatic rings. The van der Waals surface area contributed by atoms with E-state index in [9.17, 15) is 4.39 Å². The molecular weight excluding hydrogens is 341 g/mol. The van der Waals surface area contributed by atoms with E-state index in [1.54, 1.807) is 18.3 Å². The zero-order chi connectivity index (χ0) is 18.5. The van der Waals surface area contributed by atoms with Crippen LogP contribution in [0.15, 0.2) is 72.9 Å². The van der Waals surface area contributed by atoms with Gasteiger partial charge in [-0.05, 0) is 66.6 Å². The minimum atomic E-state index is -0.185. The van der Waals surface area contributed by atoms with Crippen molar-refractivity contribution in [2.75, 3.05) is 6.54 Å². The van der Waals surface area contributed by atoms with E-state index in [1.807, 2.05) is 48.5 Å². The molecule has 136 valence electrons. The number of fused-ring (bicyclic) bond motifs is 1. The summed E-state index contributed by atoms with van der Waals surface area (Å²) in [4.78, 5) is 0. The number of benzene rings is 3. The molecular formula is C22H20FN3O. The molecule has 2 N–H and O–H groups in total. The van der Waals surface area contributed by atoms with Crippen molar-refractivity contribution in [2.45, 2.75) is 13.0 Å². The zero-order valence-corrected chi connectivity index (χ0v) is 14.8. The molecule has 5 heteroatoms. The zero-order valence-electron chi connectivity index (χ0n) is 14.8. The van der Waals surface area contributed by atoms with Crippen molar-refractivity contribution in [2.24, 2.45) is 0 Å². The maximum atomic E-state index is 13.2. The summed E-state index contributed by atoms with van der Waals surface area (Å²) >= 11 is 0. The van der Waals surface area contributed by atoms with E-state index in [-0.39, 0.29) is 5.82 Å². The Morgan fingerprint density at radius 1 is 0.926 bits per heavy atom. The summed E-state index contributed by atoms with van der Waals surface area (Å²) in [6, 6.07) is 20.6. The molecule has 0 radical (unpaired) electrons. The number of aromatic nitrogens is 2. The molecule has 4 nitrogen and oxygen atoms in total. The molecule has 0 aliphatic carbocycles. The van der Waals surface area contributed by atoms with Gasteiger partial charge in [0.2, 0.25) is 0 Å². The number of rotatable bonds is 7. The average Bonchev–Trinajstić information content (AvgIpc) is 3.14. The Hall–Kier alpha value is -3.18. The third-order valence-corrected chi connectivity index (χ3v) is 4.38. The highest BCUT2D eigenvalue weighted by Crippen LogP contribution is 2.25. The summed E-state index contributed by atoms with van der Waals surface area (Å²) in [5.41, 5.74) is 3.16. The van der Waals surface area contributed by atoms with Crippen LogP contribution in [0, 0.1) is 5.82 Å². The van der Waals surface area contributed by atoms with Crippen molar-refractivity contribution in [1.82, 2.24) is 15.5 Å². The van der Waals surface area contributed by atoms with Gasteiger partial charge in [0.05, 0.1) is 11.7 Å². The van der Waals surface area contributed by atoms with Crippen LogP contribution in [0.3, 0.4) is 0 Å². The molecule has 0 bridgehead atoms. The van der Waals surface area contributed by atoms with E-state index in [1.165, 1.54) is 11.6 Å². The van der Waals surface area contributed by atoms with Crippen LogP contribution in [0.25, 0.3) is 10.9 Å². The van der Waals surface area contributed by atoms with Crippen LogP contribution in [0.4, 0.5) is 4.39 Å². The Labute approximate surface area is 157 Å². The first kappa shape index (κ1) is 17.2. The topological polar surface area (TPSA) is 49.9 Å². The van der Waals surface area contributed by atoms with E-state index < -0.39 is 0 Å². The van der Waals surface area contributed by atoms with Crippen molar-refractivity contribution in [3.8, 4) is 11.5 Å². The molecule has 0 saturated carbocycles. The van der Waals surface area contributed by atoms with Crippen LogP contribution in [-0.2, 0) is 13.0 Å². The van der Waals surface area contributed by atoms with Gasteiger partial charge in [-0.25, -0.2) is 4.39 Å². The van der Waals surface area contributed by atoms with Gasteiger partial charge in [-0.2, -0.15) is 5.10 Å². The van der Waals surface area contributed by atoms with E-state index >= 15 is 0 Å². The Morgan fingerprint density at radius 3 is 2.63 bits per heavy atom. The van der Waals surface area contributed by atoms with Crippen LogP contribution in [-0.4, -0.2) is 16.7 Å². The lowest BCUT2D eigenvalue weighted by Crippen LogP contribution is -2.16. The van der Waals surface area contributed by atoms with Gasteiger partial charge in [0, 0.05) is 11.9 Å². The van der Waals surface area contributed by atoms with Gasteiger partial charge in [0.15, 0.2) is 0 Å². The summed E-state index contributed by atoms with van der Waals surface area (Å²) < 4.78 is 19.1. The van der Waals surface area contributed by atoms with Gasteiger partial charge in [-0.3, -0.25) is 5.10 Å². The monoisotopic (exact) mass is 361 g/mol. The van der Waals surface area contributed by atoms with Crippen LogP contribution < -0.4 is 10.1 Å². The first-order valence-electron chi connectivity index (χ1n) is 8.91. The normalized spacial score (nSPS) is 11.0. The lowest BCUT2D eigenvalue weighted by molar-refractivity contribution is 0.483. The van der Waals surface area contributed by atoms with Crippen LogP contribution in [0.5, 0.6) is 11.5 Å². The van der Waals surface area contributed by atoms with Gasteiger partial charge in [-0.1, -0.05) is 24.3 Å². The number of ether oxygens (including phenoxy) is 1. The summed E-state index contributed by atoms with van der Waals surface area (Å²) in [6.07, 6.45) is 2.58. The number of halogens is 1. The predicted octanol–water partition coefficient (Wildman–Crippen LogP) is 4.83. The number of nitrogens with zero attached hydrogens (tertiary/aromatic N) is 1. The molecule has 0 unspecified atom stereocenters. The Balaban J connectivity index is 1.28. The van der Waals surface area contributed by atoms with Crippen molar-refractivity contribution in [3.05, 3.63) is 89.9 Å². The molecule has 0 amide bonds. The smallest absolute Gasteiger partial charge is 0.128 e. The van der Waals surface area contributed by atoms with E-state index in [0.29, 0.717) is 0 Å². The van der Waals surface area contributed by atoms with Crippen LogP contribution in [0.1, 0.15) is 11.1 Å². The highest BCUT2D eigenvalue weighted by atomic mass is 19.1. The fourth-order valence-corrected chi connectivity index (χ4v) is 2.95. The molecule has 0 saturated heterocycles. The number of H-pyrrole nitrogens is 1. The molecule has 0 fully saturated rings. The molecule has 0 spiro atoms. The van der Waals surface area contributed by atoms with Crippen molar-refractivity contribution in [1.29, 1.82) is 0 Å². The molecule has 0 aliphatic heterocycles. The molecule has 4 rings (SSSR count). The molecule has 1 aromatic heterocycles. The highest BCUT2D eigenvalue weighted by molar-refractivity contribution is 5.79. The first-order valence-corrected chi connectivity index (χ1v) is 8.91. The molecule has 3 aromatic carbocycles. The van der Waals surface area contributed by atoms with Crippen molar-refractivity contribution < 1.29 is 9.13 Å². The highest BCUT2D eigenvalue weighted by Gasteiger charge is 2.02. The second-order valence-electron chi connectivity index (χ2n) is 6.42. The van der Waals surface area contributed by atoms with Crippen LogP contribution in [0.2, 0.25) is 0 Å². The van der Waals surface area contributed by atoms with Crippen molar-refractivity contribution >= 4 is 10.9 Å². The Morgan fingerprint density at radius 2 is 1.78 bits per heavy atom. The second kappa shape index (κ2) is 8.01. The summed E-state index contributed by atoms with van der Waals surface area (Å²) in [6.45, 7) is 1.56. The van der Waals surface area contributed by atoms with E-state index in [2.05, 4.69) is 15.5 Å². The average molecular weight is 361 g/mol. The second-order valence-corrected chi connectivity index (χ2v) is 6.42. The minimum Gasteiger partial charge on any atom is -0.457 e. The van der Waals surface area contributed by atoms with Gasteiger partial charge < -0.3 is 10.1 Å². The first-order chi connectivity index (χ1) is 13.3. The number of aromatic amines is 1. The summed E-state index contributed by atoms with van der Waals surface area (Å²) in [5, 5.41) is 11.3. The van der Waals surface area contributed by atoms with Gasteiger partial charge in [0.1, 0.15) is 17.3 Å². The minimum absolute atomic E-state index is 0.185. The van der Waals surface area contributed by atoms with Gasteiger partial charge in [0.25, 0.3) is 0 Å². The van der Waals surface area contributed by atoms with Gasteiger partial charge in [-0.15, -0.1) is 0 Å².